The Morgan fingerprint density at radius 1 is 1.00 bits per heavy atom. The third kappa shape index (κ3) is 2.33. The lowest BCUT2D eigenvalue weighted by Gasteiger charge is -2.12. The normalized spacial score (nSPS) is 12.0. The molecule has 0 radical (unpaired) electrons. The molecule has 0 atom stereocenters. The van der Waals surface area contributed by atoms with Crippen LogP contribution in [-0.4, -0.2) is 10.9 Å². The molecule has 0 saturated heterocycles. The van der Waals surface area contributed by atoms with Gasteiger partial charge in [0.15, 0.2) is 0 Å². The van der Waals surface area contributed by atoms with Gasteiger partial charge in [-0.3, -0.25) is 4.79 Å². The standard InChI is InChI=1S/C15H10F3NO2/c1-19-13-7-6-9(21-15(16,17)18)8-12(13)10-4-2-3-5-11(10)14(19)20/h2-8H,1H3. The average molecular weight is 293 g/mol. The summed E-state index contributed by atoms with van der Waals surface area (Å²) in [6.45, 7) is 0. The number of hydrogen-bond donors (Lipinski definition) is 0. The molecule has 0 amide bonds. The van der Waals surface area contributed by atoms with E-state index in [1.54, 1.807) is 31.3 Å². The molecular formula is C15H10F3NO2. The molecule has 3 aromatic rings. The van der Waals surface area contributed by atoms with E-state index in [9.17, 15) is 18.0 Å². The Labute approximate surface area is 117 Å². The number of benzene rings is 2. The highest BCUT2D eigenvalue weighted by Gasteiger charge is 2.31. The summed E-state index contributed by atoms with van der Waals surface area (Å²) in [5.41, 5.74) is 0.357. The zero-order valence-electron chi connectivity index (χ0n) is 10.9. The minimum atomic E-state index is -4.75. The highest BCUT2D eigenvalue weighted by Crippen LogP contribution is 2.29. The topological polar surface area (TPSA) is 31.2 Å². The second-order valence-corrected chi connectivity index (χ2v) is 4.64. The number of aryl methyl sites for hydroxylation is 1. The molecule has 0 saturated carbocycles. The molecule has 0 aliphatic rings. The van der Waals surface area contributed by atoms with Crippen LogP contribution < -0.4 is 10.3 Å². The Morgan fingerprint density at radius 2 is 1.67 bits per heavy atom. The quantitative estimate of drug-likeness (QED) is 0.642. The van der Waals surface area contributed by atoms with Crippen molar-refractivity contribution >= 4 is 21.7 Å². The smallest absolute Gasteiger partial charge is 0.406 e. The molecule has 0 N–H and O–H groups in total. The lowest BCUT2D eigenvalue weighted by atomic mass is 10.1. The number of fused-ring (bicyclic) bond motifs is 3. The molecule has 0 fully saturated rings. The van der Waals surface area contributed by atoms with Crippen molar-refractivity contribution in [3.05, 3.63) is 52.8 Å². The molecule has 2 aromatic carbocycles. The lowest BCUT2D eigenvalue weighted by Crippen LogP contribution is -2.18. The van der Waals surface area contributed by atoms with E-state index in [2.05, 4.69) is 4.74 Å². The van der Waals surface area contributed by atoms with Crippen LogP contribution in [0.15, 0.2) is 47.3 Å². The third-order valence-electron chi connectivity index (χ3n) is 3.32. The Hall–Kier alpha value is -2.50. The van der Waals surface area contributed by atoms with E-state index in [0.717, 1.165) is 0 Å². The second-order valence-electron chi connectivity index (χ2n) is 4.64. The van der Waals surface area contributed by atoms with Gasteiger partial charge in [-0.1, -0.05) is 18.2 Å². The highest BCUT2D eigenvalue weighted by atomic mass is 19.4. The van der Waals surface area contributed by atoms with Crippen LogP contribution >= 0.6 is 0 Å². The third-order valence-corrected chi connectivity index (χ3v) is 3.32. The van der Waals surface area contributed by atoms with E-state index in [1.165, 1.54) is 22.8 Å². The number of ether oxygens (including phenoxy) is 1. The minimum absolute atomic E-state index is 0.192. The van der Waals surface area contributed by atoms with Gasteiger partial charge in [-0.05, 0) is 29.7 Å². The summed E-state index contributed by atoms with van der Waals surface area (Å²) in [7, 11) is 1.58. The fourth-order valence-corrected chi connectivity index (χ4v) is 2.42. The Kier molecular flexibility index (Phi) is 2.90. The summed E-state index contributed by atoms with van der Waals surface area (Å²) in [6.07, 6.45) is -4.75. The zero-order valence-corrected chi connectivity index (χ0v) is 10.9. The zero-order chi connectivity index (χ0) is 15.2. The van der Waals surface area contributed by atoms with Gasteiger partial charge in [0, 0.05) is 17.8 Å². The number of hydrogen-bond acceptors (Lipinski definition) is 2. The molecule has 0 aliphatic heterocycles. The van der Waals surface area contributed by atoms with Gasteiger partial charge >= 0.3 is 6.36 Å². The molecule has 21 heavy (non-hydrogen) atoms. The summed E-state index contributed by atoms with van der Waals surface area (Å²) in [6, 6.07) is 10.7. The number of alkyl halides is 3. The van der Waals surface area contributed by atoms with Crippen molar-refractivity contribution in [2.75, 3.05) is 0 Å². The van der Waals surface area contributed by atoms with Crippen molar-refractivity contribution in [2.45, 2.75) is 6.36 Å². The van der Waals surface area contributed by atoms with Crippen molar-refractivity contribution in [2.24, 2.45) is 7.05 Å². The van der Waals surface area contributed by atoms with E-state index in [0.29, 0.717) is 21.7 Å². The molecule has 0 unspecified atom stereocenters. The molecule has 0 spiro atoms. The Morgan fingerprint density at radius 3 is 2.33 bits per heavy atom. The number of rotatable bonds is 1. The van der Waals surface area contributed by atoms with Crippen LogP contribution in [0.5, 0.6) is 5.75 Å². The fourth-order valence-electron chi connectivity index (χ4n) is 2.42. The first-order valence-electron chi connectivity index (χ1n) is 6.14. The van der Waals surface area contributed by atoms with Crippen LogP contribution in [0.25, 0.3) is 21.7 Å². The van der Waals surface area contributed by atoms with Crippen molar-refractivity contribution < 1.29 is 17.9 Å². The summed E-state index contributed by atoms with van der Waals surface area (Å²) in [5, 5.41) is 1.59. The predicted octanol–water partition coefficient (Wildman–Crippen LogP) is 3.59. The molecular weight excluding hydrogens is 283 g/mol. The van der Waals surface area contributed by atoms with Crippen molar-refractivity contribution in [1.29, 1.82) is 0 Å². The maximum Gasteiger partial charge on any atom is 0.573 e. The van der Waals surface area contributed by atoms with Crippen molar-refractivity contribution in [3.63, 3.8) is 0 Å². The minimum Gasteiger partial charge on any atom is -0.406 e. The van der Waals surface area contributed by atoms with E-state index in [4.69, 9.17) is 0 Å². The molecule has 6 heteroatoms. The summed E-state index contributed by atoms with van der Waals surface area (Å²) < 4.78 is 42.3. The van der Waals surface area contributed by atoms with Gasteiger partial charge in [0.2, 0.25) is 0 Å². The number of nitrogens with zero attached hydrogens (tertiary/aromatic N) is 1. The first kappa shape index (κ1) is 13.5. The van der Waals surface area contributed by atoms with Gasteiger partial charge in [0.25, 0.3) is 5.56 Å². The molecule has 0 aliphatic carbocycles. The predicted molar refractivity (Wildman–Crippen MR) is 73.4 cm³/mol. The van der Waals surface area contributed by atoms with Crippen molar-refractivity contribution in [1.82, 2.24) is 4.57 Å². The van der Waals surface area contributed by atoms with E-state index >= 15 is 0 Å². The fraction of sp³-hybridized carbons (Fsp3) is 0.133. The van der Waals surface area contributed by atoms with E-state index in [1.807, 2.05) is 0 Å². The van der Waals surface area contributed by atoms with Crippen LogP contribution in [0.1, 0.15) is 0 Å². The number of halogens is 3. The Balaban J connectivity index is 2.37. The van der Waals surface area contributed by atoms with Gasteiger partial charge in [-0.2, -0.15) is 0 Å². The maximum absolute atomic E-state index is 12.3. The number of aromatic nitrogens is 1. The largest absolute Gasteiger partial charge is 0.573 e. The Bertz CT molecular complexity index is 897. The summed E-state index contributed by atoms with van der Waals surface area (Å²) in [5.74, 6) is -0.307. The van der Waals surface area contributed by atoms with Crippen LogP contribution in [0.2, 0.25) is 0 Å². The molecule has 3 rings (SSSR count). The first-order chi connectivity index (χ1) is 9.87. The van der Waals surface area contributed by atoms with Crippen molar-refractivity contribution in [3.8, 4) is 5.75 Å². The SMILES string of the molecule is Cn1c(=O)c2ccccc2c2cc(OC(F)(F)F)ccc21. The van der Waals surface area contributed by atoms with Crippen LogP contribution in [0, 0.1) is 0 Å². The van der Waals surface area contributed by atoms with Crippen LogP contribution in [0.3, 0.4) is 0 Å². The molecule has 3 nitrogen and oxygen atoms in total. The number of pyridine rings is 1. The molecule has 1 aromatic heterocycles. The first-order valence-corrected chi connectivity index (χ1v) is 6.14. The van der Waals surface area contributed by atoms with E-state index in [-0.39, 0.29) is 11.3 Å². The van der Waals surface area contributed by atoms with Crippen LogP contribution in [0.4, 0.5) is 13.2 Å². The van der Waals surface area contributed by atoms with Gasteiger partial charge < -0.3 is 9.30 Å². The summed E-state index contributed by atoms with van der Waals surface area (Å²) >= 11 is 0. The molecule has 108 valence electrons. The maximum atomic E-state index is 12.3. The summed E-state index contributed by atoms with van der Waals surface area (Å²) in [4.78, 5) is 12.2. The van der Waals surface area contributed by atoms with E-state index < -0.39 is 6.36 Å². The lowest BCUT2D eigenvalue weighted by molar-refractivity contribution is -0.274. The molecule has 1 heterocycles. The van der Waals surface area contributed by atoms with Gasteiger partial charge in [-0.15, -0.1) is 13.2 Å². The molecule has 0 bridgehead atoms. The van der Waals surface area contributed by atoms with Crippen LogP contribution in [-0.2, 0) is 7.05 Å². The monoisotopic (exact) mass is 293 g/mol. The van der Waals surface area contributed by atoms with Gasteiger partial charge in [0.05, 0.1) is 5.52 Å². The van der Waals surface area contributed by atoms with Gasteiger partial charge in [0.1, 0.15) is 5.75 Å². The van der Waals surface area contributed by atoms with Gasteiger partial charge in [-0.25, -0.2) is 0 Å². The highest BCUT2D eigenvalue weighted by molar-refractivity contribution is 6.05. The average Bonchev–Trinajstić information content (AvgIpc) is 2.43. The second kappa shape index (κ2) is 4.51.